The molecule has 0 heterocycles. The van der Waals surface area contributed by atoms with E-state index >= 15 is 0 Å². The van der Waals surface area contributed by atoms with Crippen molar-refractivity contribution in [2.75, 3.05) is 0 Å². The van der Waals surface area contributed by atoms with Gasteiger partial charge in [0.1, 0.15) is 0 Å². The zero-order valence-electron chi connectivity index (χ0n) is 11.5. The second-order valence-electron chi connectivity index (χ2n) is 4.05. The fraction of sp³-hybridized carbons (Fsp3) is 0.133. The maximum atomic E-state index is 9.40. The first kappa shape index (κ1) is 19.0. The Kier molecular flexibility index (Phi) is 8.52. The van der Waals surface area contributed by atoms with E-state index in [2.05, 4.69) is 15.9 Å². The van der Waals surface area contributed by atoms with Gasteiger partial charge in [0.15, 0.2) is 0 Å². The fourth-order valence-corrected chi connectivity index (χ4v) is 3.63. The van der Waals surface area contributed by atoms with E-state index in [9.17, 15) is 5.11 Å². The summed E-state index contributed by atoms with van der Waals surface area (Å²) < 4.78 is 0.966. The molecule has 0 unspecified atom stereocenters. The van der Waals surface area contributed by atoms with Gasteiger partial charge in [-0.15, -0.1) is 0 Å². The number of rotatable bonds is 4. The zero-order valence-corrected chi connectivity index (χ0v) is 14.7. The van der Waals surface area contributed by atoms with E-state index in [4.69, 9.17) is 27.2 Å². The third kappa shape index (κ3) is 5.30. The molecule has 0 aliphatic carbocycles. The number of aliphatic hydroxyl groups is 1. The van der Waals surface area contributed by atoms with Gasteiger partial charge >= 0.3 is 0 Å². The number of aliphatic hydroxyl groups excluding tert-OH is 1. The molecule has 0 aliphatic rings. The number of halogens is 2. The highest BCUT2D eigenvalue weighted by Gasteiger charge is 2.11. The molecule has 0 aromatic heterocycles. The Morgan fingerprint density at radius 3 is 2.55 bits per heavy atom. The Morgan fingerprint density at radius 1 is 1.27 bits per heavy atom. The van der Waals surface area contributed by atoms with Crippen molar-refractivity contribution in [3.05, 3.63) is 57.0 Å². The average molecular weight is 405 g/mol. The molecule has 2 rings (SSSR count). The highest BCUT2D eigenvalue weighted by atomic mass is 79.9. The van der Waals surface area contributed by atoms with Gasteiger partial charge in [0.05, 0.1) is 11.6 Å². The maximum Gasteiger partial charge on any atom is 0.290 e. The Hall–Kier alpha value is -1.05. The lowest BCUT2D eigenvalue weighted by Crippen LogP contribution is -1.99. The van der Waals surface area contributed by atoms with Crippen LogP contribution in [-0.2, 0) is 17.9 Å². The molecule has 0 radical (unpaired) electrons. The topological polar surface area (TPSA) is 83.5 Å². The third-order valence-corrected chi connectivity index (χ3v) is 4.89. The number of benzene rings is 2. The first-order valence-corrected chi connectivity index (χ1v) is 8.18. The molecule has 0 fully saturated rings. The van der Waals surface area contributed by atoms with Crippen LogP contribution in [0.4, 0.5) is 0 Å². The number of hydrogen-bond donors (Lipinski definition) is 3. The van der Waals surface area contributed by atoms with Gasteiger partial charge in [-0.3, -0.25) is 4.79 Å². The quantitative estimate of drug-likeness (QED) is 0.673. The van der Waals surface area contributed by atoms with Crippen molar-refractivity contribution in [2.45, 2.75) is 22.9 Å². The molecule has 118 valence electrons. The number of nitrogens with two attached hydrogens (primary N) is 1. The minimum Gasteiger partial charge on any atom is -0.483 e. The van der Waals surface area contributed by atoms with Crippen LogP contribution in [0.5, 0.6) is 0 Å². The van der Waals surface area contributed by atoms with Crippen molar-refractivity contribution in [3.63, 3.8) is 0 Å². The Morgan fingerprint density at radius 2 is 1.95 bits per heavy atom. The summed E-state index contributed by atoms with van der Waals surface area (Å²) in [6, 6.07) is 11.5. The molecule has 7 heteroatoms. The van der Waals surface area contributed by atoms with E-state index in [0.29, 0.717) is 11.6 Å². The average Bonchev–Trinajstić information content (AvgIpc) is 2.50. The van der Waals surface area contributed by atoms with E-state index in [1.165, 1.54) is 11.8 Å². The van der Waals surface area contributed by atoms with Gasteiger partial charge in [-0.1, -0.05) is 57.5 Å². The molecular weight excluding hydrogens is 390 g/mol. The van der Waals surface area contributed by atoms with E-state index in [1.807, 2.05) is 36.4 Å². The maximum absolute atomic E-state index is 9.40. The second-order valence-corrected chi connectivity index (χ2v) is 6.42. The fourth-order valence-electron chi connectivity index (χ4n) is 1.69. The normalized spacial score (nSPS) is 9.82. The van der Waals surface area contributed by atoms with Crippen molar-refractivity contribution in [3.8, 4) is 0 Å². The molecule has 22 heavy (non-hydrogen) atoms. The molecule has 0 amide bonds. The highest BCUT2D eigenvalue weighted by molar-refractivity contribution is 9.10. The summed E-state index contributed by atoms with van der Waals surface area (Å²) in [5.41, 5.74) is 7.62. The van der Waals surface area contributed by atoms with Crippen LogP contribution < -0.4 is 5.73 Å². The molecule has 0 saturated heterocycles. The van der Waals surface area contributed by atoms with Gasteiger partial charge in [-0.05, 0) is 29.3 Å². The third-order valence-electron chi connectivity index (χ3n) is 2.68. The molecule has 0 atom stereocenters. The van der Waals surface area contributed by atoms with E-state index in [0.717, 1.165) is 25.4 Å². The second kappa shape index (κ2) is 9.86. The molecule has 4 nitrogen and oxygen atoms in total. The van der Waals surface area contributed by atoms with E-state index in [-0.39, 0.29) is 13.1 Å². The van der Waals surface area contributed by atoms with Gasteiger partial charge in [-0.25, -0.2) is 0 Å². The summed E-state index contributed by atoms with van der Waals surface area (Å²) >= 11 is 11.2. The van der Waals surface area contributed by atoms with Crippen LogP contribution in [0.2, 0.25) is 5.02 Å². The van der Waals surface area contributed by atoms with E-state index < -0.39 is 0 Å². The van der Waals surface area contributed by atoms with Crippen molar-refractivity contribution in [1.29, 1.82) is 0 Å². The predicted octanol–water partition coefficient (Wildman–Crippen LogP) is 3.91. The minimum absolute atomic E-state index is 0.00196. The van der Waals surface area contributed by atoms with Crippen molar-refractivity contribution >= 4 is 45.8 Å². The smallest absolute Gasteiger partial charge is 0.290 e. The number of carboxylic acid groups (broad SMARTS) is 1. The first-order chi connectivity index (χ1) is 10.6. The summed E-state index contributed by atoms with van der Waals surface area (Å²) in [5.74, 6) is 0. The highest BCUT2D eigenvalue weighted by Crippen LogP contribution is 2.38. The molecule has 0 spiro atoms. The summed E-state index contributed by atoms with van der Waals surface area (Å²) in [5, 5.41) is 17.0. The molecule has 4 N–H and O–H groups in total. The monoisotopic (exact) mass is 403 g/mol. The SMILES string of the molecule is NCc1cccc(Cl)c1Sc1cc(Br)ccc1CO.O=CO. The Balaban J connectivity index is 0.000000745. The Bertz CT molecular complexity index is 640. The zero-order chi connectivity index (χ0) is 16.5. The van der Waals surface area contributed by atoms with Gasteiger partial charge in [0, 0.05) is 20.8 Å². The summed E-state index contributed by atoms with van der Waals surface area (Å²) in [6.07, 6.45) is 0. The molecule has 2 aromatic carbocycles. The van der Waals surface area contributed by atoms with Gasteiger partial charge in [-0.2, -0.15) is 0 Å². The van der Waals surface area contributed by atoms with Gasteiger partial charge in [0.2, 0.25) is 0 Å². The Labute approximate surface area is 146 Å². The van der Waals surface area contributed by atoms with Crippen molar-refractivity contribution in [1.82, 2.24) is 0 Å². The summed E-state index contributed by atoms with van der Waals surface area (Å²) in [4.78, 5) is 10.3. The van der Waals surface area contributed by atoms with Crippen LogP contribution in [0.25, 0.3) is 0 Å². The van der Waals surface area contributed by atoms with Gasteiger partial charge < -0.3 is 15.9 Å². The van der Waals surface area contributed by atoms with E-state index in [1.54, 1.807) is 0 Å². The van der Waals surface area contributed by atoms with Crippen LogP contribution in [0.1, 0.15) is 11.1 Å². The lowest BCUT2D eigenvalue weighted by atomic mass is 10.2. The number of hydrogen-bond acceptors (Lipinski definition) is 4. The largest absolute Gasteiger partial charge is 0.483 e. The molecule has 2 aromatic rings. The summed E-state index contributed by atoms with van der Waals surface area (Å²) in [6.45, 7) is 0.184. The van der Waals surface area contributed by atoms with Crippen LogP contribution >= 0.6 is 39.3 Å². The number of carbonyl (C=O) groups is 1. The predicted molar refractivity (Wildman–Crippen MR) is 92.2 cm³/mol. The summed E-state index contributed by atoms with van der Waals surface area (Å²) in [7, 11) is 0. The lowest BCUT2D eigenvalue weighted by molar-refractivity contribution is -0.122. The van der Waals surface area contributed by atoms with Crippen LogP contribution in [-0.4, -0.2) is 16.7 Å². The van der Waals surface area contributed by atoms with Crippen molar-refractivity contribution < 1.29 is 15.0 Å². The van der Waals surface area contributed by atoms with Gasteiger partial charge in [0.25, 0.3) is 6.47 Å². The molecule has 0 saturated carbocycles. The lowest BCUT2D eigenvalue weighted by Gasteiger charge is -2.12. The molecular formula is C15H15BrClNO3S. The van der Waals surface area contributed by atoms with Crippen LogP contribution in [0, 0.1) is 0 Å². The van der Waals surface area contributed by atoms with Crippen molar-refractivity contribution in [2.24, 2.45) is 5.73 Å². The van der Waals surface area contributed by atoms with Crippen LogP contribution in [0.15, 0.2) is 50.7 Å². The standard InChI is InChI=1S/C14H13BrClNOS.CH2O2/c15-11-5-4-10(8-18)13(6-11)19-14-9(7-17)2-1-3-12(14)16;2-1-3/h1-6,18H,7-8,17H2;1H,(H,2,3). The first-order valence-electron chi connectivity index (χ1n) is 6.19. The molecule has 0 aliphatic heterocycles. The van der Waals surface area contributed by atoms with Crippen LogP contribution in [0.3, 0.4) is 0 Å². The molecule has 0 bridgehead atoms. The minimum atomic E-state index is -0.250.